The summed E-state index contributed by atoms with van der Waals surface area (Å²) in [6.45, 7) is 3.91. The number of anilines is 1. The van der Waals surface area contributed by atoms with Gasteiger partial charge in [-0.15, -0.1) is 0 Å². The van der Waals surface area contributed by atoms with Gasteiger partial charge in [0, 0.05) is 11.9 Å². The standard InChI is InChI=1S/C15H15ClN2O2/c1-10-4-3-5-13(11(10)2)20-9-15(19)18-12-6-7-17-14(16)8-12/h3-8H,9H2,1-2H3,(H,17,18,19). The summed E-state index contributed by atoms with van der Waals surface area (Å²) in [5, 5.41) is 3.03. The van der Waals surface area contributed by atoms with Crippen molar-refractivity contribution >= 4 is 23.2 Å². The predicted octanol–water partition coefficient (Wildman–Crippen LogP) is 3.37. The van der Waals surface area contributed by atoms with Crippen LogP contribution in [0.2, 0.25) is 5.15 Å². The number of aromatic nitrogens is 1. The lowest BCUT2D eigenvalue weighted by Gasteiger charge is -2.11. The Labute approximate surface area is 122 Å². The van der Waals surface area contributed by atoms with Crippen molar-refractivity contribution in [1.29, 1.82) is 0 Å². The van der Waals surface area contributed by atoms with Crippen LogP contribution in [0.25, 0.3) is 0 Å². The first-order valence-electron chi connectivity index (χ1n) is 6.16. The molecule has 0 fully saturated rings. The molecule has 104 valence electrons. The van der Waals surface area contributed by atoms with Gasteiger partial charge < -0.3 is 10.1 Å². The smallest absolute Gasteiger partial charge is 0.262 e. The van der Waals surface area contributed by atoms with Crippen LogP contribution < -0.4 is 10.1 Å². The number of nitrogens with one attached hydrogen (secondary N) is 1. The van der Waals surface area contributed by atoms with Crippen LogP contribution in [0.5, 0.6) is 5.75 Å². The largest absolute Gasteiger partial charge is 0.483 e. The Kier molecular flexibility index (Phi) is 4.58. The fourth-order valence-corrected chi connectivity index (χ4v) is 1.88. The first kappa shape index (κ1) is 14.3. The number of rotatable bonds is 4. The molecular weight excluding hydrogens is 276 g/mol. The second kappa shape index (κ2) is 6.39. The van der Waals surface area contributed by atoms with Crippen molar-refractivity contribution in [2.75, 3.05) is 11.9 Å². The normalized spacial score (nSPS) is 10.2. The van der Waals surface area contributed by atoms with E-state index in [1.807, 2.05) is 32.0 Å². The molecule has 1 amide bonds. The van der Waals surface area contributed by atoms with Crippen LogP contribution in [0.4, 0.5) is 5.69 Å². The maximum absolute atomic E-state index is 11.8. The van der Waals surface area contributed by atoms with Gasteiger partial charge in [-0.25, -0.2) is 4.98 Å². The molecule has 0 atom stereocenters. The van der Waals surface area contributed by atoms with Gasteiger partial charge in [-0.05, 0) is 43.2 Å². The number of halogens is 1. The maximum Gasteiger partial charge on any atom is 0.262 e. The highest BCUT2D eigenvalue weighted by Gasteiger charge is 2.06. The molecule has 0 bridgehead atoms. The van der Waals surface area contributed by atoms with E-state index in [1.165, 1.54) is 6.20 Å². The van der Waals surface area contributed by atoms with Crippen LogP contribution in [0, 0.1) is 13.8 Å². The summed E-state index contributed by atoms with van der Waals surface area (Å²) >= 11 is 5.75. The third-order valence-electron chi connectivity index (χ3n) is 2.92. The maximum atomic E-state index is 11.8. The quantitative estimate of drug-likeness (QED) is 0.878. The van der Waals surface area contributed by atoms with Gasteiger partial charge in [0.1, 0.15) is 10.9 Å². The number of hydrogen-bond acceptors (Lipinski definition) is 3. The van der Waals surface area contributed by atoms with Gasteiger partial charge in [0.2, 0.25) is 0 Å². The number of aryl methyl sites for hydroxylation is 1. The van der Waals surface area contributed by atoms with Crippen LogP contribution in [0.15, 0.2) is 36.5 Å². The number of carbonyl (C=O) groups excluding carboxylic acids is 1. The molecular formula is C15H15ClN2O2. The molecule has 0 aliphatic rings. The van der Waals surface area contributed by atoms with E-state index in [1.54, 1.807) is 12.1 Å². The molecule has 4 nitrogen and oxygen atoms in total. The Morgan fingerprint density at radius 1 is 1.35 bits per heavy atom. The molecule has 1 heterocycles. The number of carbonyl (C=O) groups is 1. The minimum atomic E-state index is -0.242. The Bertz CT molecular complexity index is 629. The predicted molar refractivity (Wildman–Crippen MR) is 79.3 cm³/mol. The first-order chi connectivity index (χ1) is 9.56. The third kappa shape index (κ3) is 3.71. The molecule has 1 aromatic heterocycles. The van der Waals surface area contributed by atoms with Crippen molar-refractivity contribution < 1.29 is 9.53 Å². The molecule has 5 heteroatoms. The zero-order chi connectivity index (χ0) is 14.5. The van der Waals surface area contributed by atoms with E-state index in [-0.39, 0.29) is 12.5 Å². The average Bonchev–Trinajstić information content (AvgIpc) is 2.40. The highest BCUT2D eigenvalue weighted by atomic mass is 35.5. The SMILES string of the molecule is Cc1cccc(OCC(=O)Nc2ccnc(Cl)c2)c1C. The summed E-state index contributed by atoms with van der Waals surface area (Å²) in [5.74, 6) is 0.473. The number of hydrogen-bond donors (Lipinski definition) is 1. The van der Waals surface area contributed by atoms with Crippen LogP contribution in [0.1, 0.15) is 11.1 Å². The van der Waals surface area contributed by atoms with Crippen molar-refractivity contribution in [3.63, 3.8) is 0 Å². The molecule has 0 aliphatic heterocycles. The van der Waals surface area contributed by atoms with E-state index in [0.29, 0.717) is 16.6 Å². The summed E-state index contributed by atoms with van der Waals surface area (Å²) in [7, 11) is 0. The van der Waals surface area contributed by atoms with Gasteiger partial charge in [-0.2, -0.15) is 0 Å². The second-order valence-electron chi connectivity index (χ2n) is 4.40. The second-order valence-corrected chi connectivity index (χ2v) is 4.79. The Morgan fingerprint density at radius 3 is 2.90 bits per heavy atom. The summed E-state index contributed by atoms with van der Waals surface area (Å²) in [5.41, 5.74) is 2.76. The minimum absolute atomic E-state index is 0.0514. The topological polar surface area (TPSA) is 51.2 Å². The summed E-state index contributed by atoms with van der Waals surface area (Å²) in [6, 6.07) is 9.00. The van der Waals surface area contributed by atoms with Gasteiger partial charge in [0.25, 0.3) is 5.91 Å². The zero-order valence-electron chi connectivity index (χ0n) is 11.3. The summed E-state index contributed by atoms with van der Waals surface area (Å²) < 4.78 is 5.52. The number of nitrogens with zero attached hydrogens (tertiary/aromatic N) is 1. The van der Waals surface area contributed by atoms with Crippen LogP contribution >= 0.6 is 11.6 Å². The van der Waals surface area contributed by atoms with Crippen molar-refractivity contribution in [2.45, 2.75) is 13.8 Å². The molecule has 1 aromatic carbocycles. The van der Waals surface area contributed by atoms with Crippen molar-refractivity contribution in [3.8, 4) is 5.75 Å². The number of pyridine rings is 1. The van der Waals surface area contributed by atoms with Gasteiger partial charge in [0.15, 0.2) is 6.61 Å². The molecule has 2 aromatic rings. The molecule has 1 N–H and O–H groups in total. The Hall–Kier alpha value is -2.07. The molecule has 2 rings (SSSR count). The van der Waals surface area contributed by atoms with Gasteiger partial charge in [-0.1, -0.05) is 23.7 Å². The van der Waals surface area contributed by atoms with E-state index < -0.39 is 0 Å². The van der Waals surface area contributed by atoms with E-state index in [4.69, 9.17) is 16.3 Å². The molecule has 0 aliphatic carbocycles. The highest BCUT2D eigenvalue weighted by molar-refractivity contribution is 6.29. The lowest BCUT2D eigenvalue weighted by molar-refractivity contribution is -0.118. The molecule has 0 unspecified atom stereocenters. The van der Waals surface area contributed by atoms with E-state index >= 15 is 0 Å². The highest BCUT2D eigenvalue weighted by Crippen LogP contribution is 2.20. The van der Waals surface area contributed by atoms with E-state index in [2.05, 4.69) is 10.3 Å². The lowest BCUT2D eigenvalue weighted by atomic mass is 10.1. The molecule has 0 radical (unpaired) electrons. The number of amides is 1. The lowest BCUT2D eigenvalue weighted by Crippen LogP contribution is -2.20. The van der Waals surface area contributed by atoms with Crippen LogP contribution in [-0.4, -0.2) is 17.5 Å². The summed E-state index contributed by atoms with van der Waals surface area (Å²) in [4.78, 5) is 15.6. The average molecular weight is 291 g/mol. The number of ether oxygens (including phenoxy) is 1. The molecule has 20 heavy (non-hydrogen) atoms. The van der Waals surface area contributed by atoms with Crippen molar-refractivity contribution in [2.24, 2.45) is 0 Å². The van der Waals surface area contributed by atoms with E-state index in [9.17, 15) is 4.79 Å². The molecule has 0 saturated heterocycles. The van der Waals surface area contributed by atoms with Gasteiger partial charge >= 0.3 is 0 Å². The molecule has 0 saturated carbocycles. The number of benzene rings is 1. The van der Waals surface area contributed by atoms with Crippen LogP contribution in [0.3, 0.4) is 0 Å². The van der Waals surface area contributed by atoms with Crippen molar-refractivity contribution in [3.05, 3.63) is 52.8 Å². The minimum Gasteiger partial charge on any atom is -0.483 e. The third-order valence-corrected chi connectivity index (χ3v) is 3.13. The monoisotopic (exact) mass is 290 g/mol. The Morgan fingerprint density at radius 2 is 2.15 bits per heavy atom. The molecule has 0 spiro atoms. The zero-order valence-corrected chi connectivity index (χ0v) is 12.1. The van der Waals surface area contributed by atoms with Crippen LogP contribution in [-0.2, 0) is 4.79 Å². The first-order valence-corrected chi connectivity index (χ1v) is 6.54. The Balaban J connectivity index is 1.94. The van der Waals surface area contributed by atoms with Gasteiger partial charge in [0.05, 0.1) is 0 Å². The fraction of sp³-hybridized carbons (Fsp3) is 0.200. The fourth-order valence-electron chi connectivity index (χ4n) is 1.70. The van der Waals surface area contributed by atoms with Gasteiger partial charge in [-0.3, -0.25) is 4.79 Å². The van der Waals surface area contributed by atoms with E-state index in [0.717, 1.165) is 11.1 Å². The summed E-state index contributed by atoms with van der Waals surface area (Å²) in [6.07, 6.45) is 1.53. The van der Waals surface area contributed by atoms with Crippen molar-refractivity contribution in [1.82, 2.24) is 4.98 Å².